The number of anilines is 1. The molecular formula is C10H9ClN4O4S2. The molecule has 8 nitrogen and oxygen atoms in total. The molecule has 11 heteroatoms. The summed E-state index contributed by atoms with van der Waals surface area (Å²) in [6, 6.07) is 5.92. The highest BCUT2D eigenvalue weighted by atomic mass is 35.5. The van der Waals surface area contributed by atoms with Gasteiger partial charge in [-0.1, -0.05) is 6.07 Å². The number of sulfonamides is 2. The second-order valence-corrected chi connectivity index (χ2v) is 7.42. The van der Waals surface area contributed by atoms with Crippen LogP contribution in [0.3, 0.4) is 0 Å². The lowest BCUT2D eigenvalue weighted by molar-refractivity contribution is 0.597. The Hall–Kier alpha value is -1.75. The Morgan fingerprint density at radius 1 is 1.10 bits per heavy atom. The van der Waals surface area contributed by atoms with Gasteiger partial charge in [0.05, 0.1) is 9.79 Å². The molecule has 0 radical (unpaired) electrons. The minimum Gasteiger partial charge on any atom is -0.263 e. The summed E-state index contributed by atoms with van der Waals surface area (Å²) >= 11 is 5.55. The highest BCUT2D eigenvalue weighted by Crippen LogP contribution is 2.18. The van der Waals surface area contributed by atoms with Crippen LogP contribution in [-0.2, 0) is 20.0 Å². The molecule has 0 bridgehead atoms. The first kappa shape index (κ1) is 15.6. The van der Waals surface area contributed by atoms with E-state index in [4.69, 9.17) is 16.7 Å². The van der Waals surface area contributed by atoms with Crippen LogP contribution >= 0.6 is 11.6 Å². The standard InChI is InChI=1S/C10H9ClN4O4S2/c11-10-13-5-4-9(14-10)15-21(18,19)8-3-1-2-7(6-8)20(12,16)17/h1-6H,(H2,12,16,17)(H,13,14,15). The minimum absolute atomic E-state index is 0.0454. The van der Waals surface area contributed by atoms with Crippen LogP contribution in [0.2, 0.25) is 5.28 Å². The van der Waals surface area contributed by atoms with E-state index in [2.05, 4.69) is 14.7 Å². The van der Waals surface area contributed by atoms with Crippen molar-refractivity contribution >= 4 is 37.5 Å². The molecule has 0 aliphatic heterocycles. The van der Waals surface area contributed by atoms with Gasteiger partial charge in [-0.15, -0.1) is 0 Å². The number of hydrogen-bond donors (Lipinski definition) is 2. The van der Waals surface area contributed by atoms with E-state index in [0.29, 0.717) is 0 Å². The molecule has 0 unspecified atom stereocenters. The third-order valence-corrected chi connectivity index (χ3v) is 4.75. The van der Waals surface area contributed by atoms with Gasteiger partial charge in [0.1, 0.15) is 5.82 Å². The van der Waals surface area contributed by atoms with E-state index in [-0.39, 0.29) is 20.9 Å². The van der Waals surface area contributed by atoms with Crippen molar-refractivity contribution in [1.82, 2.24) is 9.97 Å². The maximum atomic E-state index is 12.1. The zero-order valence-electron chi connectivity index (χ0n) is 10.3. The van der Waals surface area contributed by atoms with Gasteiger partial charge in [0.25, 0.3) is 10.0 Å². The predicted molar refractivity (Wildman–Crippen MR) is 75.7 cm³/mol. The van der Waals surface area contributed by atoms with E-state index in [0.717, 1.165) is 6.07 Å². The second-order valence-electron chi connectivity index (χ2n) is 3.84. The third kappa shape index (κ3) is 3.88. The fourth-order valence-corrected chi connectivity index (χ4v) is 3.23. The molecule has 2 rings (SSSR count). The van der Waals surface area contributed by atoms with Crippen LogP contribution in [0.4, 0.5) is 5.82 Å². The van der Waals surface area contributed by atoms with Crippen molar-refractivity contribution in [1.29, 1.82) is 0 Å². The van der Waals surface area contributed by atoms with Crippen molar-refractivity contribution in [3.8, 4) is 0 Å². The van der Waals surface area contributed by atoms with E-state index in [1.165, 1.54) is 30.5 Å². The molecule has 1 aromatic heterocycles. The zero-order chi connectivity index (χ0) is 15.7. The van der Waals surface area contributed by atoms with Crippen molar-refractivity contribution in [2.24, 2.45) is 5.14 Å². The molecule has 0 saturated carbocycles. The molecule has 0 atom stereocenters. The van der Waals surface area contributed by atoms with Crippen molar-refractivity contribution in [3.05, 3.63) is 41.8 Å². The van der Waals surface area contributed by atoms with Crippen LogP contribution in [0, 0.1) is 0 Å². The molecule has 112 valence electrons. The highest BCUT2D eigenvalue weighted by molar-refractivity contribution is 7.92. The van der Waals surface area contributed by atoms with E-state index < -0.39 is 20.0 Å². The first-order chi connectivity index (χ1) is 9.68. The monoisotopic (exact) mass is 348 g/mol. The summed E-state index contributed by atoms with van der Waals surface area (Å²) in [5, 5.41) is 4.83. The van der Waals surface area contributed by atoms with Gasteiger partial charge in [0.15, 0.2) is 0 Å². The van der Waals surface area contributed by atoms with Gasteiger partial charge in [-0.05, 0) is 35.9 Å². The Bertz CT molecular complexity index is 883. The lowest BCUT2D eigenvalue weighted by atomic mass is 10.4. The Labute approximate surface area is 126 Å². The van der Waals surface area contributed by atoms with Crippen LogP contribution in [0.5, 0.6) is 0 Å². The number of hydrogen-bond acceptors (Lipinski definition) is 6. The Balaban J connectivity index is 2.41. The maximum absolute atomic E-state index is 12.1. The maximum Gasteiger partial charge on any atom is 0.263 e. The molecule has 21 heavy (non-hydrogen) atoms. The van der Waals surface area contributed by atoms with E-state index in [1.54, 1.807) is 0 Å². The van der Waals surface area contributed by atoms with Gasteiger partial charge < -0.3 is 0 Å². The van der Waals surface area contributed by atoms with Gasteiger partial charge in [0.2, 0.25) is 15.3 Å². The van der Waals surface area contributed by atoms with Gasteiger partial charge in [-0.25, -0.2) is 27.0 Å². The fourth-order valence-electron chi connectivity index (χ4n) is 1.41. The molecule has 0 saturated heterocycles. The number of nitrogens with two attached hydrogens (primary N) is 1. The number of nitrogens with zero attached hydrogens (tertiary/aromatic N) is 2. The quantitative estimate of drug-likeness (QED) is 0.776. The molecule has 0 amide bonds. The van der Waals surface area contributed by atoms with Crippen molar-refractivity contribution in [2.45, 2.75) is 9.79 Å². The average Bonchev–Trinajstić information content (AvgIpc) is 2.37. The van der Waals surface area contributed by atoms with Crippen molar-refractivity contribution in [3.63, 3.8) is 0 Å². The predicted octanol–water partition coefficient (Wildman–Crippen LogP) is 0.578. The van der Waals surface area contributed by atoms with Crippen molar-refractivity contribution < 1.29 is 16.8 Å². The normalized spacial score (nSPS) is 12.1. The molecule has 0 fully saturated rings. The molecule has 0 spiro atoms. The number of benzene rings is 1. The van der Waals surface area contributed by atoms with Gasteiger partial charge >= 0.3 is 0 Å². The molecule has 1 heterocycles. The van der Waals surface area contributed by atoms with Crippen LogP contribution < -0.4 is 9.86 Å². The lowest BCUT2D eigenvalue weighted by Crippen LogP contribution is -2.16. The number of rotatable bonds is 4. The zero-order valence-corrected chi connectivity index (χ0v) is 12.7. The van der Waals surface area contributed by atoms with E-state index in [1.807, 2.05) is 0 Å². The van der Waals surface area contributed by atoms with Crippen LogP contribution in [0.1, 0.15) is 0 Å². The first-order valence-corrected chi connectivity index (χ1v) is 8.73. The summed E-state index contributed by atoms with van der Waals surface area (Å²) in [7, 11) is -8.04. The Kier molecular flexibility index (Phi) is 4.14. The smallest absolute Gasteiger partial charge is 0.263 e. The summed E-state index contributed by atoms with van der Waals surface area (Å²) in [4.78, 5) is 6.70. The summed E-state index contributed by atoms with van der Waals surface area (Å²) < 4.78 is 48.9. The topological polar surface area (TPSA) is 132 Å². The van der Waals surface area contributed by atoms with E-state index in [9.17, 15) is 16.8 Å². The van der Waals surface area contributed by atoms with Crippen LogP contribution in [0.25, 0.3) is 0 Å². The van der Waals surface area contributed by atoms with Gasteiger partial charge in [-0.3, -0.25) is 4.72 Å². The Morgan fingerprint density at radius 2 is 1.76 bits per heavy atom. The molecular weight excluding hydrogens is 340 g/mol. The molecule has 2 aromatic rings. The second kappa shape index (κ2) is 5.56. The Morgan fingerprint density at radius 3 is 2.38 bits per heavy atom. The molecule has 0 aliphatic rings. The largest absolute Gasteiger partial charge is 0.263 e. The van der Waals surface area contributed by atoms with Crippen LogP contribution in [0.15, 0.2) is 46.3 Å². The van der Waals surface area contributed by atoms with Gasteiger partial charge in [-0.2, -0.15) is 4.98 Å². The van der Waals surface area contributed by atoms with Crippen molar-refractivity contribution in [2.75, 3.05) is 4.72 Å². The average molecular weight is 349 g/mol. The van der Waals surface area contributed by atoms with Crippen LogP contribution in [-0.4, -0.2) is 26.8 Å². The molecule has 0 aliphatic carbocycles. The highest BCUT2D eigenvalue weighted by Gasteiger charge is 2.18. The number of aromatic nitrogens is 2. The first-order valence-electron chi connectivity index (χ1n) is 5.33. The molecule has 3 N–H and O–H groups in total. The van der Waals surface area contributed by atoms with Gasteiger partial charge in [0, 0.05) is 6.20 Å². The number of primary sulfonamides is 1. The SMILES string of the molecule is NS(=O)(=O)c1cccc(S(=O)(=O)Nc2ccnc(Cl)n2)c1. The summed E-state index contributed by atoms with van der Waals surface area (Å²) in [5.41, 5.74) is 0. The van der Waals surface area contributed by atoms with E-state index >= 15 is 0 Å². The minimum atomic E-state index is -4.03. The molecule has 1 aromatic carbocycles. The number of halogens is 1. The third-order valence-electron chi connectivity index (χ3n) is 2.31. The summed E-state index contributed by atoms with van der Waals surface area (Å²) in [5.74, 6) is -0.0454. The lowest BCUT2D eigenvalue weighted by Gasteiger charge is -2.08. The summed E-state index contributed by atoms with van der Waals surface area (Å²) in [6.07, 6.45) is 1.27. The fraction of sp³-hybridized carbons (Fsp3) is 0. The number of nitrogens with one attached hydrogen (secondary N) is 1. The summed E-state index contributed by atoms with van der Waals surface area (Å²) in [6.45, 7) is 0.